The summed E-state index contributed by atoms with van der Waals surface area (Å²) >= 11 is 0. The second-order valence-electron chi connectivity index (χ2n) is 7.16. The van der Waals surface area contributed by atoms with Gasteiger partial charge in [-0.05, 0) is 18.1 Å². The van der Waals surface area contributed by atoms with Gasteiger partial charge in [0.25, 0.3) is 5.56 Å². The summed E-state index contributed by atoms with van der Waals surface area (Å²) < 4.78 is 1.39. The summed E-state index contributed by atoms with van der Waals surface area (Å²) in [7, 11) is 1.60. The predicted molar refractivity (Wildman–Crippen MR) is 107 cm³/mol. The summed E-state index contributed by atoms with van der Waals surface area (Å²) in [6, 6.07) is 15.1. The maximum atomic E-state index is 13.3. The highest BCUT2D eigenvalue weighted by Gasteiger charge is 2.42. The van der Waals surface area contributed by atoms with Crippen LogP contribution in [0.5, 0.6) is 0 Å². The van der Waals surface area contributed by atoms with Crippen molar-refractivity contribution in [3.63, 3.8) is 0 Å². The van der Waals surface area contributed by atoms with Crippen LogP contribution in [0.15, 0.2) is 63.7 Å². The largest absolute Gasteiger partial charge is 0.340 e. The Labute approximate surface area is 160 Å². The van der Waals surface area contributed by atoms with Gasteiger partial charge in [-0.1, -0.05) is 48.5 Å². The highest BCUT2D eigenvalue weighted by molar-refractivity contribution is 6.23. The van der Waals surface area contributed by atoms with Gasteiger partial charge in [0.05, 0.1) is 11.3 Å². The third kappa shape index (κ3) is 2.05. The van der Waals surface area contributed by atoms with Gasteiger partial charge in [0.15, 0.2) is 5.78 Å². The molecule has 6 heteroatoms. The highest BCUT2D eigenvalue weighted by Crippen LogP contribution is 2.48. The number of carbonyl (C=O) groups excluding carboxylic acids is 1. The summed E-state index contributed by atoms with van der Waals surface area (Å²) in [4.78, 5) is 40.8. The van der Waals surface area contributed by atoms with Crippen molar-refractivity contribution in [3.8, 4) is 0 Å². The molecule has 0 amide bonds. The molecule has 0 bridgehead atoms. The van der Waals surface area contributed by atoms with Crippen LogP contribution in [0, 0.1) is 6.92 Å². The van der Waals surface area contributed by atoms with Gasteiger partial charge in [-0.25, -0.2) is 4.79 Å². The number of carbonyl (C=O) groups is 1. The zero-order chi connectivity index (χ0) is 19.6. The molecule has 2 N–H and O–H groups in total. The lowest BCUT2D eigenvalue weighted by atomic mass is 9.80. The molecule has 2 aromatic carbocycles. The van der Waals surface area contributed by atoms with E-state index in [0.717, 1.165) is 16.7 Å². The lowest BCUT2D eigenvalue weighted by Crippen LogP contribution is -2.37. The summed E-state index contributed by atoms with van der Waals surface area (Å²) in [6.45, 7) is 1.96. The van der Waals surface area contributed by atoms with Gasteiger partial charge in [-0.15, -0.1) is 0 Å². The van der Waals surface area contributed by atoms with Gasteiger partial charge in [-0.3, -0.25) is 19.1 Å². The lowest BCUT2D eigenvalue weighted by molar-refractivity contribution is 0.103. The number of fused-ring (bicyclic) bond motifs is 3. The third-order valence-corrected chi connectivity index (χ3v) is 5.64. The van der Waals surface area contributed by atoms with Gasteiger partial charge in [0.1, 0.15) is 5.82 Å². The van der Waals surface area contributed by atoms with E-state index in [0.29, 0.717) is 28.2 Å². The molecule has 6 nitrogen and oxygen atoms in total. The summed E-state index contributed by atoms with van der Waals surface area (Å²) in [5.74, 6) is -0.224. The molecular weight excluding hydrogens is 354 g/mol. The van der Waals surface area contributed by atoms with E-state index in [-0.39, 0.29) is 5.78 Å². The first-order valence-corrected chi connectivity index (χ1v) is 9.03. The van der Waals surface area contributed by atoms with Gasteiger partial charge >= 0.3 is 5.69 Å². The maximum Gasteiger partial charge on any atom is 0.329 e. The molecule has 1 atom stereocenters. The minimum Gasteiger partial charge on any atom is -0.340 e. The van der Waals surface area contributed by atoms with Crippen molar-refractivity contribution in [1.29, 1.82) is 0 Å². The van der Waals surface area contributed by atoms with Gasteiger partial charge < -0.3 is 5.32 Å². The molecule has 0 saturated heterocycles. The van der Waals surface area contributed by atoms with E-state index in [9.17, 15) is 14.4 Å². The fourth-order valence-corrected chi connectivity index (χ4v) is 4.25. The maximum absolute atomic E-state index is 13.3. The normalized spacial score (nSPS) is 17.1. The SMILES string of the molecule is Cc1ccccc1[C@H]1C2=C(Nc3c1c(=O)[nH]c(=O)n3C)c1ccccc1C2=O. The third-order valence-electron chi connectivity index (χ3n) is 5.64. The Morgan fingerprint density at radius 1 is 0.929 bits per heavy atom. The van der Waals surface area contributed by atoms with E-state index < -0.39 is 17.2 Å². The predicted octanol–water partition coefficient (Wildman–Crippen LogP) is 2.55. The Kier molecular flexibility index (Phi) is 3.34. The molecule has 138 valence electrons. The Hall–Kier alpha value is -3.67. The summed E-state index contributed by atoms with van der Waals surface area (Å²) in [5.41, 5.74) is 3.88. The smallest absolute Gasteiger partial charge is 0.329 e. The molecule has 0 unspecified atom stereocenters. The second-order valence-corrected chi connectivity index (χ2v) is 7.16. The zero-order valence-electron chi connectivity index (χ0n) is 15.4. The summed E-state index contributed by atoms with van der Waals surface area (Å²) in [5, 5.41) is 3.22. The molecule has 3 aromatic rings. The first-order valence-electron chi connectivity index (χ1n) is 9.03. The van der Waals surface area contributed by atoms with Crippen LogP contribution in [-0.2, 0) is 7.05 Å². The van der Waals surface area contributed by atoms with Crippen LogP contribution in [0.1, 0.15) is 38.5 Å². The number of anilines is 1. The molecule has 0 radical (unpaired) electrons. The number of aromatic amines is 1. The number of aryl methyl sites for hydroxylation is 1. The number of Topliss-reactive ketones (excluding diaryl/α,β-unsaturated/α-hetero) is 1. The van der Waals surface area contributed by atoms with Crippen LogP contribution in [0.2, 0.25) is 0 Å². The van der Waals surface area contributed by atoms with Crippen molar-refractivity contribution < 1.29 is 4.79 Å². The van der Waals surface area contributed by atoms with Crippen LogP contribution in [0.25, 0.3) is 5.70 Å². The first kappa shape index (κ1) is 16.5. The minimum absolute atomic E-state index is 0.0924. The van der Waals surface area contributed by atoms with Crippen LogP contribution < -0.4 is 16.6 Å². The van der Waals surface area contributed by atoms with Crippen LogP contribution in [0.4, 0.5) is 5.82 Å². The van der Waals surface area contributed by atoms with Crippen molar-refractivity contribution in [1.82, 2.24) is 9.55 Å². The second kappa shape index (κ2) is 5.66. The Balaban J connectivity index is 1.90. The number of rotatable bonds is 1. The minimum atomic E-state index is -0.553. The van der Waals surface area contributed by atoms with E-state index in [1.807, 2.05) is 49.4 Å². The zero-order valence-corrected chi connectivity index (χ0v) is 15.4. The molecule has 5 rings (SSSR count). The van der Waals surface area contributed by atoms with Crippen LogP contribution in [0.3, 0.4) is 0 Å². The molecule has 0 saturated carbocycles. The fourth-order valence-electron chi connectivity index (χ4n) is 4.25. The van der Waals surface area contributed by atoms with Gasteiger partial charge in [0.2, 0.25) is 0 Å². The van der Waals surface area contributed by atoms with Crippen molar-refractivity contribution in [3.05, 3.63) is 103 Å². The number of ketones is 1. The Morgan fingerprint density at radius 2 is 1.61 bits per heavy atom. The highest BCUT2D eigenvalue weighted by atomic mass is 16.2. The van der Waals surface area contributed by atoms with Crippen LogP contribution >= 0.6 is 0 Å². The molecule has 0 fully saturated rings. The molecule has 1 aromatic heterocycles. The topological polar surface area (TPSA) is 84.0 Å². The van der Waals surface area contributed by atoms with Gasteiger partial charge in [0, 0.05) is 29.7 Å². The average Bonchev–Trinajstić information content (AvgIpc) is 2.98. The Bertz CT molecular complexity index is 1330. The number of H-pyrrole nitrogens is 1. The molecule has 2 heterocycles. The van der Waals surface area contributed by atoms with Crippen molar-refractivity contribution in [2.24, 2.45) is 7.05 Å². The van der Waals surface area contributed by atoms with E-state index in [1.165, 1.54) is 4.57 Å². The molecule has 2 aliphatic rings. The quantitative estimate of drug-likeness (QED) is 0.689. The van der Waals surface area contributed by atoms with Crippen molar-refractivity contribution in [2.45, 2.75) is 12.8 Å². The van der Waals surface area contributed by atoms with Crippen molar-refractivity contribution in [2.75, 3.05) is 5.32 Å². The number of benzene rings is 2. The standard InChI is InChI=1S/C22H17N3O3/c1-11-7-3-4-8-12(11)15-16-18(13-9-5-6-10-14(13)19(16)26)23-20-17(15)21(27)24-22(28)25(20)2/h3-10,15,23H,1-2H3,(H,24,27,28)/t15-/m0/s1. The van der Waals surface area contributed by atoms with Gasteiger partial charge in [-0.2, -0.15) is 0 Å². The number of allylic oxidation sites excluding steroid dienone is 1. The number of nitrogens with zero attached hydrogens (tertiary/aromatic N) is 1. The molecule has 1 aliphatic carbocycles. The monoisotopic (exact) mass is 371 g/mol. The van der Waals surface area contributed by atoms with E-state index in [2.05, 4.69) is 10.3 Å². The molecule has 1 aliphatic heterocycles. The molecular formula is C22H17N3O3. The van der Waals surface area contributed by atoms with Crippen molar-refractivity contribution >= 4 is 17.3 Å². The first-order chi connectivity index (χ1) is 13.5. The number of hydrogen-bond acceptors (Lipinski definition) is 4. The lowest BCUT2D eigenvalue weighted by Gasteiger charge is -2.29. The van der Waals surface area contributed by atoms with E-state index in [1.54, 1.807) is 13.1 Å². The molecule has 0 spiro atoms. The molecule has 28 heavy (non-hydrogen) atoms. The van der Waals surface area contributed by atoms with E-state index >= 15 is 0 Å². The van der Waals surface area contributed by atoms with E-state index in [4.69, 9.17) is 0 Å². The summed E-state index contributed by atoms with van der Waals surface area (Å²) in [6.07, 6.45) is 0. The number of nitrogens with one attached hydrogen (secondary N) is 2. The Morgan fingerprint density at radius 3 is 2.36 bits per heavy atom. The van der Waals surface area contributed by atoms with Crippen LogP contribution in [-0.4, -0.2) is 15.3 Å². The fraction of sp³-hybridized carbons (Fsp3) is 0.136. The average molecular weight is 371 g/mol. The number of aromatic nitrogens is 2. The number of hydrogen-bond donors (Lipinski definition) is 2.